The van der Waals surface area contributed by atoms with Gasteiger partial charge < -0.3 is 9.47 Å². The Hall–Kier alpha value is -4.11. The summed E-state index contributed by atoms with van der Waals surface area (Å²) in [7, 11) is 0. The first-order valence-electron chi connectivity index (χ1n) is 9.82. The first kappa shape index (κ1) is 21.6. The van der Waals surface area contributed by atoms with Crippen molar-refractivity contribution in [2.45, 2.75) is 20.5 Å². The van der Waals surface area contributed by atoms with Crippen molar-refractivity contribution in [3.05, 3.63) is 99.1 Å². The van der Waals surface area contributed by atoms with Gasteiger partial charge >= 0.3 is 0 Å². The summed E-state index contributed by atoms with van der Waals surface area (Å²) in [6.07, 6.45) is 1.67. The van der Waals surface area contributed by atoms with Crippen LogP contribution in [-0.2, 0) is 6.61 Å². The summed E-state index contributed by atoms with van der Waals surface area (Å²) in [5, 5.41) is 20.6. The maximum Gasteiger partial charge on any atom is 0.270 e. The van der Waals surface area contributed by atoms with Crippen LogP contribution >= 0.6 is 0 Å². The summed E-state index contributed by atoms with van der Waals surface area (Å²) in [6, 6.07) is 21.6. The molecule has 0 aromatic heterocycles. The quantitative estimate of drug-likeness (QED) is 0.197. The maximum absolute atomic E-state index is 11.0. The number of rotatable bonds is 8. The Balaban J connectivity index is 1.87. The molecule has 0 aliphatic carbocycles. The van der Waals surface area contributed by atoms with Crippen LogP contribution in [-0.4, -0.2) is 11.5 Å². The predicted molar refractivity (Wildman–Crippen MR) is 120 cm³/mol. The zero-order valence-corrected chi connectivity index (χ0v) is 17.4. The molecule has 0 aliphatic heterocycles. The average Bonchev–Trinajstić information content (AvgIpc) is 2.77. The number of allylic oxidation sites excluding steroid dienone is 1. The van der Waals surface area contributed by atoms with Gasteiger partial charge in [0.05, 0.1) is 23.2 Å². The number of nitro benzene ring substituents is 1. The second kappa shape index (κ2) is 10.1. The van der Waals surface area contributed by atoms with Gasteiger partial charge in [-0.15, -0.1) is 0 Å². The van der Waals surface area contributed by atoms with Crippen molar-refractivity contribution in [2.24, 2.45) is 0 Å². The molecule has 6 nitrogen and oxygen atoms in total. The lowest BCUT2D eigenvalue weighted by Crippen LogP contribution is -2.00. The highest BCUT2D eigenvalue weighted by Crippen LogP contribution is 2.31. The van der Waals surface area contributed by atoms with Crippen LogP contribution in [0.25, 0.3) is 11.6 Å². The molecule has 0 N–H and O–H groups in total. The Kier molecular flexibility index (Phi) is 7.02. The van der Waals surface area contributed by atoms with E-state index in [0.717, 1.165) is 16.7 Å². The topological polar surface area (TPSA) is 85.4 Å². The number of non-ortho nitro benzene ring substituents is 1. The van der Waals surface area contributed by atoms with Crippen LogP contribution in [0.4, 0.5) is 5.69 Å². The maximum atomic E-state index is 11.0. The fourth-order valence-corrected chi connectivity index (χ4v) is 3.10. The standard InChI is InChI=1S/C25H22N2O4/c1-3-30-25-14-19(10-11-24(25)31-17-20-7-4-6-18(2)12-20)13-22(16-26)21-8-5-9-23(15-21)27(28)29/h4-15H,3,17H2,1-2H3. The lowest BCUT2D eigenvalue weighted by atomic mass is 10.0. The molecule has 3 aromatic carbocycles. The lowest BCUT2D eigenvalue weighted by molar-refractivity contribution is -0.384. The van der Waals surface area contributed by atoms with Crippen molar-refractivity contribution in [1.29, 1.82) is 5.26 Å². The van der Waals surface area contributed by atoms with E-state index in [1.54, 1.807) is 30.3 Å². The summed E-state index contributed by atoms with van der Waals surface area (Å²) in [5.41, 5.74) is 3.69. The minimum atomic E-state index is -0.480. The number of hydrogen-bond donors (Lipinski definition) is 0. The predicted octanol–water partition coefficient (Wildman–Crippen LogP) is 5.95. The van der Waals surface area contributed by atoms with E-state index in [4.69, 9.17) is 9.47 Å². The largest absolute Gasteiger partial charge is 0.490 e. The van der Waals surface area contributed by atoms with E-state index in [0.29, 0.717) is 35.8 Å². The normalized spacial score (nSPS) is 10.9. The lowest BCUT2D eigenvalue weighted by Gasteiger charge is -2.13. The molecule has 0 atom stereocenters. The summed E-state index contributed by atoms with van der Waals surface area (Å²) >= 11 is 0. The number of aryl methyl sites for hydroxylation is 1. The minimum Gasteiger partial charge on any atom is -0.490 e. The monoisotopic (exact) mass is 414 g/mol. The molecule has 0 unspecified atom stereocenters. The van der Waals surface area contributed by atoms with Crippen LogP contribution in [0.15, 0.2) is 66.7 Å². The Bertz CT molecular complexity index is 1160. The van der Waals surface area contributed by atoms with Gasteiger partial charge in [0.25, 0.3) is 5.69 Å². The summed E-state index contributed by atoms with van der Waals surface area (Å²) in [4.78, 5) is 10.6. The van der Waals surface area contributed by atoms with Gasteiger partial charge in [-0.2, -0.15) is 5.26 Å². The van der Waals surface area contributed by atoms with Crippen LogP contribution < -0.4 is 9.47 Å². The Morgan fingerprint density at radius 2 is 1.87 bits per heavy atom. The minimum absolute atomic E-state index is 0.0615. The molecule has 6 heteroatoms. The van der Waals surface area contributed by atoms with E-state index in [1.807, 2.05) is 38.1 Å². The molecule has 0 saturated carbocycles. The number of nitro groups is 1. The van der Waals surface area contributed by atoms with Crippen molar-refractivity contribution in [2.75, 3.05) is 6.61 Å². The van der Waals surface area contributed by atoms with Crippen LogP contribution in [0.2, 0.25) is 0 Å². The van der Waals surface area contributed by atoms with Crippen LogP contribution in [0.3, 0.4) is 0 Å². The molecule has 0 fully saturated rings. The smallest absolute Gasteiger partial charge is 0.270 e. The third kappa shape index (κ3) is 5.71. The molecule has 0 aliphatic rings. The van der Waals surface area contributed by atoms with Gasteiger partial charge in [-0.25, -0.2) is 0 Å². The fraction of sp³-hybridized carbons (Fsp3) is 0.160. The van der Waals surface area contributed by atoms with Gasteiger partial charge in [0.15, 0.2) is 11.5 Å². The number of hydrogen-bond acceptors (Lipinski definition) is 5. The van der Waals surface area contributed by atoms with Gasteiger partial charge in [-0.3, -0.25) is 10.1 Å². The average molecular weight is 414 g/mol. The van der Waals surface area contributed by atoms with Gasteiger partial charge in [0.1, 0.15) is 6.61 Å². The Morgan fingerprint density at radius 1 is 1.06 bits per heavy atom. The Labute approximate surface area is 181 Å². The van der Waals surface area contributed by atoms with Gasteiger partial charge in [-0.1, -0.05) is 48.0 Å². The molecule has 0 heterocycles. The van der Waals surface area contributed by atoms with Crippen LogP contribution in [0, 0.1) is 28.4 Å². The van der Waals surface area contributed by atoms with Crippen molar-refractivity contribution >= 4 is 17.3 Å². The molecule has 0 spiro atoms. The van der Waals surface area contributed by atoms with Gasteiger partial charge in [0, 0.05) is 12.1 Å². The molecule has 3 rings (SSSR count). The van der Waals surface area contributed by atoms with E-state index in [1.165, 1.54) is 12.1 Å². The summed E-state index contributed by atoms with van der Waals surface area (Å²) in [5.74, 6) is 1.18. The van der Waals surface area contributed by atoms with Crippen LogP contribution in [0.1, 0.15) is 29.2 Å². The molecule has 31 heavy (non-hydrogen) atoms. The third-order valence-corrected chi connectivity index (χ3v) is 4.54. The first-order chi connectivity index (χ1) is 15.0. The molecule has 0 radical (unpaired) electrons. The van der Waals surface area contributed by atoms with Crippen molar-refractivity contribution in [3.63, 3.8) is 0 Å². The van der Waals surface area contributed by atoms with Crippen molar-refractivity contribution in [3.8, 4) is 17.6 Å². The molecular weight excluding hydrogens is 392 g/mol. The number of nitrogens with zero attached hydrogens (tertiary/aromatic N) is 2. The van der Waals surface area contributed by atoms with Crippen molar-refractivity contribution < 1.29 is 14.4 Å². The second-order valence-corrected chi connectivity index (χ2v) is 6.89. The van der Waals surface area contributed by atoms with Gasteiger partial charge in [-0.05, 0) is 48.7 Å². The zero-order valence-electron chi connectivity index (χ0n) is 17.4. The highest BCUT2D eigenvalue weighted by atomic mass is 16.6. The SMILES string of the molecule is CCOc1cc(C=C(C#N)c2cccc([N+](=O)[O-])c2)ccc1OCc1cccc(C)c1. The van der Waals surface area contributed by atoms with Crippen LogP contribution in [0.5, 0.6) is 11.5 Å². The number of benzene rings is 3. The van der Waals surface area contributed by atoms with E-state index in [2.05, 4.69) is 12.1 Å². The van der Waals surface area contributed by atoms with E-state index in [-0.39, 0.29) is 5.69 Å². The zero-order chi connectivity index (χ0) is 22.2. The van der Waals surface area contributed by atoms with E-state index >= 15 is 0 Å². The fourth-order valence-electron chi connectivity index (χ4n) is 3.10. The molecule has 0 bridgehead atoms. The highest BCUT2D eigenvalue weighted by Gasteiger charge is 2.11. The molecule has 0 saturated heterocycles. The highest BCUT2D eigenvalue weighted by molar-refractivity contribution is 5.90. The molecule has 0 amide bonds. The third-order valence-electron chi connectivity index (χ3n) is 4.54. The van der Waals surface area contributed by atoms with E-state index in [9.17, 15) is 15.4 Å². The molecule has 156 valence electrons. The second-order valence-electron chi connectivity index (χ2n) is 6.89. The van der Waals surface area contributed by atoms with Crippen molar-refractivity contribution in [1.82, 2.24) is 0 Å². The van der Waals surface area contributed by atoms with E-state index < -0.39 is 4.92 Å². The Morgan fingerprint density at radius 3 is 2.58 bits per heavy atom. The summed E-state index contributed by atoms with van der Waals surface area (Å²) in [6.45, 7) is 4.79. The number of nitriles is 1. The molecule has 3 aromatic rings. The summed E-state index contributed by atoms with van der Waals surface area (Å²) < 4.78 is 11.7. The molecular formula is C25H22N2O4. The first-order valence-corrected chi connectivity index (χ1v) is 9.82. The number of ether oxygens (including phenoxy) is 2. The van der Waals surface area contributed by atoms with Gasteiger partial charge in [0.2, 0.25) is 0 Å².